The molecule has 7 heteroatoms. The standard InChI is InChI=1S/C22H22N2O5/c1-14-20(22(26)29-4)17(10-15-7-8-18(27-2)19(11-15)28-3)21(25)24(14)13-16-6-5-9-23-12-16/h5-12H,13H2,1-4H3/b17-10-. The van der Waals surface area contributed by atoms with Gasteiger partial charge in [0.25, 0.3) is 5.91 Å². The number of rotatable bonds is 6. The van der Waals surface area contributed by atoms with Crippen LogP contribution in [-0.2, 0) is 20.9 Å². The molecule has 0 unspecified atom stereocenters. The lowest BCUT2D eigenvalue weighted by molar-refractivity contribution is -0.136. The highest BCUT2D eigenvalue weighted by molar-refractivity contribution is 6.16. The summed E-state index contributed by atoms with van der Waals surface area (Å²) in [6, 6.07) is 8.95. The van der Waals surface area contributed by atoms with E-state index in [-0.39, 0.29) is 17.1 Å². The molecule has 2 heterocycles. The molecule has 3 rings (SSSR count). The lowest BCUT2D eigenvalue weighted by Crippen LogP contribution is -2.24. The van der Waals surface area contributed by atoms with Gasteiger partial charge in [-0.05, 0) is 42.3 Å². The topological polar surface area (TPSA) is 78.0 Å². The number of benzene rings is 1. The number of allylic oxidation sites excluding steroid dienone is 1. The molecule has 0 saturated heterocycles. The second-order valence-electron chi connectivity index (χ2n) is 6.38. The predicted octanol–water partition coefficient (Wildman–Crippen LogP) is 2.97. The van der Waals surface area contributed by atoms with Crippen molar-refractivity contribution in [3.63, 3.8) is 0 Å². The predicted molar refractivity (Wildman–Crippen MR) is 107 cm³/mol. The van der Waals surface area contributed by atoms with Gasteiger partial charge < -0.3 is 19.1 Å². The third-order valence-electron chi connectivity index (χ3n) is 4.68. The Kier molecular flexibility index (Phi) is 5.97. The van der Waals surface area contributed by atoms with Crippen LogP contribution in [0.15, 0.2) is 59.6 Å². The van der Waals surface area contributed by atoms with E-state index < -0.39 is 5.97 Å². The molecule has 1 aromatic carbocycles. The molecule has 0 saturated carbocycles. The molecule has 0 fully saturated rings. The van der Waals surface area contributed by atoms with Crippen molar-refractivity contribution < 1.29 is 23.8 Å². The van der Waals surface area contributed by atoms with Gasteiger partial charge in [0.1, 0.15) is 0 Å². The maximum Gasteiger partial charge on any atom is 0.340 e. The van der Waals surface area contributed by atoms with Gasteiger partial charge in [-0.1, -0.05) is 12.1 Å². The number of carbonyl (C=O) groups excluding carboxylic acids is 2. The molecule has 150 valence electrons. The summed E-state index contributed by atoms with van der Waals surface area (Å²) in [5.41, 5.74) is 2.61. The molecule has 1 aliphatic heterocycles. The normalized spacial score (nSPS) is 15.1. The Morgan fingerprint density at radius 2 is 1.90 bits per heavy atom. The molecule has 2 aromatic rings. The summed E-state index contributed by atoms with van der Waals surface area (Å²) in [7, 11) is 4.38. The first-order chi connectivity index (χ1) is 14.0. The molecular formula is C22H22N2O5. The fourth-order valence-corrected chi connectivity index (χ4v) is 3.20. The van der Waals surface area contributed by atoms with Crippen LogP contribution in [0.3, 0.4) is 0 Å². The average Bonchev–Trinajstić information content (AvgIpc) is 2.98. The lowest BCUT2D eigenvalue weighted by atomic mass is 10.0. The number of esters is 1. The number of amides is 1. The molecule has 29 heavy (non-hydrogen) atoms. The van der Waals surface area contributed by atoms with E-state index in [4.69, 9.17) is 14.2 Å². The largest absolute Gasteiger partial charge is 0.493 e. The zero-order valence-corrected chi connectivity index (χ0v) is 16.8. The first-order valence-corrected chi connectivity index (χ1v) is 8.94. The minimum Gasteiger partial charge on any atom is -0.493 e. The van der Waals surface area contributed by atoms with E-state index in [1.54, 1.807) is 61.7 Å². The Hall–Kier alpha value is -3.61. The fraction of sp³-hybridized carbons (Fsp3) is 0.227. The molecule has 0 N–H and O–H groups in total. The number of methoxy groups -OCH3 is 3. The summed E-state index contributed by atoms with van der Waals surface area (Å²) < 4.78 is 15.5. The second-order valence-corrected chi connectivity index (χ2v) is 6.38. The van der Waals surface area contributed by atoms with Gasteiger partial charge in [-0.25, -0.2) is 4.79 Å². The van der Waals surface area contributed by atoms with Crippen LogP contribution in [0.5, 0.6) is 11.5 Å². The molecule has 1 amide bonds. The Bertz CT molecular complexity index is 996. The minimum absolute atomic E-state index is 0.246. The van der Waals surface area contributed by atoms with Gasteiger partial charge >= 0.3 is 5.97 Å². The number of hydrogen-bond acceptors (Lipinski definition) is 6. The summed E-state index contributed by atoms with van der Waals surface area (Å²) in [6.45, 7) is 2.04. The van der Waals surface area contributed by atoms with E-state index in [1.807, 2.05) is 6.07 Å². The van der Waals surface area contributed by atoms with E-state index in [1.165, 1.54) is 14.2 Å². The van der Waals surface area contributed by atoms with Gasteiger partial charge in [0, 0.05) is 18.1 Å². The Balaban J connectivity index is 2.04. The van der Waals surface area contributed by atoms with Crippen LogP contribution in [0.4, 0.5) is 0 Å². The van der Waals surface area contributed by atoms with E-state index in [9.17, 15) is 9.59 Å². The highest BCUT2D eigenvalue weighted by Gasteiger charge is 2.37. The van der Waals surface area contributed by atoms with Crippen molar-refractivity contribution in [3.05, 3.63) is 70.7 Å². The molecule has 7 nitrogen and oxygen atoms in total. The molecular weight excluding hydrogens is 372 g/mol. The maximum atomic E-state index is 13.2. The molecule has 1 aliphatic rings. The number of nitrogens with zero attached hydrogens (tertiary/aromatic N) is 2. The fourth-order valence-electron chi connectivity index (χ4n) is 3.20. The third-order valence-corrected chi connectivity index (χ3v) is 4.68. The summed E-state index contributed by atoms with van der Waals surface area (Å²) in [6.07, 6.45) is 5.01. The smallest absolute Gasteiger partial charge is 0.340 e. The van der Waals surface area contributed by atoms with E-state index in [2.05, 4.69) is 4.98 Å². The summed E-state index contributed by atoms with van der Waals surface area (Å²) >= 11 is 0. The van der Waals surface area contributed by atoms with E-state index in [0.29, 0.717) is 29.3 Å². The van der Waals surface area contributed by atoms with Crippen molar-refractivity contribution in [2.24, 2.45) is 0 Å². The molecule has 0 radical (unpaired) electrons. The second kappa shape index (κ2) is 8.60. The van der Waals surface area contributed by atoms with Crippen LogP contribution in [0.2, 0.25) is 0 Å². The molecule has 0 bridgehead atoms. The van der Waals surface area contributed by atoms with Gasteiger partial charge in [0.15, 0.2) is 11.5 Å². The minimum atomic E-state index is -0.559. The number of pyridine rings is 1. The number of carbonyl (C=O) groups is 2. The van der Waals surface area contributed by atoms with Gasteiger partial charge in [-0.15, -0.1) is 0 Å². The van der Waals surface area contributed by atoms with Crippen LogP contribution in [-0.4, -0.2) is 43.1 Å². The maximum absolute atomic E-state index is 13.2. The number of hydrogen-bond donors (Lipinski definition) is 0. The third kappa shape index (κ3) is 3.99. The molecule has 0 atom stereocenters. The summed E-state index contributed by atoms with van der Waals surface area (Å²) in [5.74, 6) is 0.267. The Morgan fingerprint density at radius 1 is 1.14 bits per heavy atom. The van der Waals surface area contributed by atoms with Crippen LogP contribution >= 0.6 is 0 Å². The van der Waals surface area contributed by atoms with Crippen molar-refractivity contribution in [2.75, 3.05) is 21.3 Å². The van der Waals surface area contributed by atoms with Crippen molar-refractivity contribution in [2.45, 2.75) is 13.5 Å². The summed E-state index contributed by atoms with van der Waals surface area (Å²) in [4.78, 5) is 31.2. The first kappa shape index (κ1) is 20.1. The van der Waals surface area contributed by atoms with Crippen LogP contribution < -0.4 is 9.47 Å². The van der Waals surface area contributed by atoms with Crippen LogP contribution in [0.1, 0.15) is 18.1 Å². The van der Waals surface area contributed by atoms with E-state index >= 15 is 0 Å². The summed E-state index contributed by atoms with van der Waals surface area (Å²) in [5, 5.41) is 0. The van der Waals surface area contributed by atoms with Crippen molar-refractivity contribution in [1.29, 1.82) is 0 Å². The SMILES string of the molecule is COC(=O)C1=C(C)N(Cc2cccnc2)C(=O)/C1=C\c1ccc(OC)c(OC)c1. The quantitative estimate of drug-likeness (QED) is 0.554. The van der Waals surface area contributed by atoms with E-state index in [0.717, 1.165) is 5.56 Å². The monoisotopic (exact) mass is 394 g/mol. The molecule has 0 aliphatic carbocycles. The van der Waals surface area contributed by atoms with Gasteiger partial charge in [0.2, 0.25) is 0 Å². The zero-order chi connectivity index (χ0) is 21.0. The molecule has 1 aromatic heterocycles. The van der Waals surface area contributed by atoms with Crippen molar-refractivity contribution >= 4 is 18.0 Å². The first-order valence-electron chi connectivity index (χ1n) is 8.94. The van der Waals surface area contributed by atoms with Crippen molar-refractivity contribution in [1.82, 2.24) is 9.88 Å². The van der Waals surface area contributed by atoms with Gasteiger partial charge in [-0.2, -0.15) is 0 Å². The molecule has 0 spiro atoms. The Labute approximate surface area is 169 Å². The highest BCUT2D eigenvalue weighted by Crippen LogP contribution is 2.34. The van der Waals surface area contributed by atoms with Crippen LogP contribution in [0, 0.1) is 0 Å². The van der Waals surface area contributed by atoms with Gasteiger partial charge in [0.05, 0.1) is 39.0 Å². The number of aromatic nitrogens is 1. The highest BCUT2D eigenvalue weighted by atomic mass is 16.5. The van der Waals surface area contributed by atoms with Gasteiger partial charge in [-0.3, -0.25) is 9.78 Å². The number of ether oxygens (including phenoxy) is 3. The lowest BCUT2D eigenvalue weighted by Gasteiger charge is -2.17. The van der Waals surface area contributed by atoms with Crippen LogP contribution in [0.25, 0.3) is 6.08 Å². The Morgan fingerprint density at radius 3 is 2.52 bits per heavy atom. The average molecular weight is 394 g/mol. The van der Waals surface area contributed by atoms with Crippen molar-refractivity contribution in [3.8, 4) is 11.5 Å². The zero-order valence-electron chi connectivity index (χ0n) is 16.8.